The highest BCUT2D eigenvalue weighted by Gasteiger charge is 2.09. The summed E-state index contributed by atoms with van der Waals surface area (Å²) in [5, 5.41) is 0. The number of nitrogens with one attached hydrogen (secondary N) is 1. The second-order valence-electron chi connectivity index (χ2n) is 5.40. The Hall–Kier alpha value is -2.34. The molecule has 2 aromatic rings. The van der Waals surface area contributed by atoms with Gasteiger partial charge in [0, 0.05) is 0 Å². The lowest BCUT2D eigenvalue weighted by Gasteiger charge is -2.09. The summed E-state index contributed by atoms with van der Waals surface area (Å²) >= 11 is 0. The lowest BCUT2D eigenvalue weighted by molar-refractivity contribution is -0.118. The van der Waals surface area contributed by atoms with Gasteiger partial charge in [-0.2, -0.15) is 0 Å². The molecule has 0 spiro atoms. The summed E-state index contributed by atoms with van der Waals surface area (Å²) in [6, 6.07) is 15.1. The largest absolute Gasteiger partial charge is 0.489 e. The Kier molecular flexibility index (Phi) is 5.39. The van der Waals surface area contributed by atoms with Crippen molar-refractivity contribution >= 4 is 15.9 Å². The number of sulfonamides is 1. The Morgan fingerprint density at radius 3 is 2.48 bits per heavy atom. The van der Waals surface area contributed by atoms with E-state index in [-0.39, 0.29) is 6.42 Å². The number of carbonyl (C=O) groups is 1. The lowest BCUT2D eigenvalue weighted by atomic mass is 10.1. The van der Waals surface area contributed by atoms with Crippen molar-refractivity contribution in [2.75, 3.05) is 6.26 Å². The van der Waals surface area contributed by atoms with Gasteiger partial charge in [-0.25, -0.2) is 8.42 Å². The van der Waals surface area contributed by atoms with Crippen LogP contribution in [0.15, 0.2) is 48.5 Å². The minimum absolute atomic E-state index is 0.0191. The van der Waals surface area contributed by atoms with Crippen LogP contribution in [-0.2, 0) is 27.8 Å². The molecule has 1 amide bonds. The first-order chi connectivity index (χ1) is 10.8. The molecule has 5 nitrogen and oxygen atoms in total. The molecule has 0 aliphatic rings. The van der Waals surface area contributed by atoms with Gasteiger partial charge in [0.05, 0.1) is 12.7 Å². The van der Waals surface area contributed by atoms with Gasteiger partial charge in [-0.05, 0) is 30.2 Å². The fraction of sp³-hybridized carbons (Fsp3) is 0.235. The summed E-state index contributed by atoms with van der Waals surface area (Å²) in [4.78, 5) is 11.6. The van der Waals surface area contributed by atoms with Crippen LogP contribution in [0, 0.1) is 6.92 Å². The van der Waals surface area contributed by atoms with E-state index >= 15 is 0 Å². The van der Waals surface area contributed by atoms with Crippen LogP contribution < -0.4 is 9.46 Å². The fourth-order valence-electron chi connectivity index (χ4n) is 2.14. The molecule has 6 heteroatoms. The minimum atomic E-state index is -3.53. The van der Waals surface area contributed by atoms with Gasteiger partial charge >= 0.3 is 0 Å². The molecule has 2 aromatic carbocycles. The molecule has 0 atom stereocenters. The average Bonchev–Trinajstić information content (AvgIpc) is 2.43. The Balaban J connectivity index is 1.98. The Morgan fingerprint density at radius 2 is 1.78 bits per heavy atom. The SMILES string of the molecule is Cc1cccc(COc2cccc(CC(=O)NS(C)(=O)=O)c2)c1. The number of benzene rings is 2. The molecule has 0 saturated carbocycles. The molecule has 0 unspecified atom stereocenters. The molecule has 0 bridgehead atoms. The van der Waals surface area contributed by atoms with Crippen LogP contribution >= 0.6 is 0 Å². The predicted molar refractivity (Wildman–Crippen MR) is 88.6 cm³/mol. The molecule has 0 fully saturated rings. The van der Waals surface area contributed by atoms with Crippen molar-refractivity contribution in [2.45, 2.75) is 20.0 Å². The van der Waals surface area contributed by atoms with Gasteiger partial charge in [0.25, 0.3) is 0 Å². The van der Waals surface area contributed by atoms with E-state index in [2.05, 4.69) is 0 Å². The Labute approximate surface area is 136 Å². The van der Waals surface area contributed by atoms with Gasteiger partial charge < -0.3 is 4.74 Å². The van der Waals surface area contributed by atoms with Gasteiger partial charge in [-0.1, -0.05) is 42.0 Å². The maximum absolute atomic E-state index is 11.6. The van der Waals surface area contributed by atoms with E-state index in [1.165, 1.54) is 0 Å². The molecule has 0 aromatic heterocycles. The van der Waals surface area contributed by atoms with Crippen molar-refractivity contribution < 1.29 is 17.9 Å². The first kappa shape index (κ1) is 17.0. The number of carbonyl (C=O) groups excluding carboxylic acids is 1. The number of hydrogen-bond donors (Lipinski definition) is 1. The zero-order valence-electron chi connectivity index (χ0n) is 13.1. The molecule has 2 rings (SSSR count). The van der Waals surface area contributed by atoms with Gasteiger partial charge in [0.1, 0.15) is 12.4 Å². The summed E-state index contributed by atoms with van der Waals surface area (Å²) in [5.41, 5.74) is 2.91. The second-order valence-corrected chi connectivity index (χ2v) is 7.15. The molecule has 122 valence electrons. The zero-order valence-corrected chi connectivity index (χ0v) is 13.9. The highest BCUT2D eigenvalue weighted by Crippen LogP contribution is 2.16. The monoisotopic (exact) mass is 333 g/mol. The maximum Gasteiger partial charge on any atom is 0.237 e. The van der Waals surface area contributed by atoms with Crippen molar-refractivity contribution in [3.05, 3.63) is 65.2 Å². The quantitative estimate of drug-likeness (QED) is 0.879. The number of amides is 1. The van der Waals surface area contributed by atoms with E-state index in [4.69, 9.17) is 4.74 Å². The molecule has 1 N–H and O–H groups in total. The molecular weight excluding hydrogens is 314 g/mol. The predicted octanol–water partition coefficient (Wildman–Crippen LogP) is 2.19. The van der Waals surface area contributed by atoms with Crippen molar-refractivity contribution in [3.63, 3.8) is 0 Å². The molecule has 0 radical (unpaired) electrons. The Bertz CT molecular complexity index is 800. The summed E-state index contributed by atoms with van der Waals surface area (Å²) < 4.78 is 29.7. The van der Waals surface area contributed by atoms with Gasteiger partial charge in [0.15, 0.2) is 0 Å². The third kappa shape index (κ3) is 6.12. The topological polar surface area (TPSA) is 72.5 Å². The normalized spacial score (nSPS) is 11.0. The van der Waals surface area contributed by atoms with E-state index in [1.54, 1.807) is 24.3 Å². The van der Waals surface area contributed by atoms with E-state index in [0.717, 1.165) is 17.4 Å². The highest BCUT2D eigenvalue weighted by atomic mass is 32.2. The van der Waals surface area contributed by atoms with E-state index in [1.807, 2.05) is 35.9 Å². The standard InChI is InChI=1S/C17H19NO4S/c1-13-5-3-7-15(9-13)12-22-16-8-4-6-14(10-16)11-17(19)18-23(2,20)21/h3-10H,11-12H2,1-2H3,(H,18,19). The number of ether oxygens (including phenoxy) is 1. The third-order valence-electron chi connectivity index (χ3n) is 3.05. The van der Waals surface area contributed by atoms with Crippen LogP contribution in [0.25, 0.3) is 0 Å². The number of rotatable bonds is 6. The second kappa shape index (κ2) is 7.28. The number of hydrogen-bond acceptors (Lipinski definition) is 4. The smallest absolute Gasteiger partial charge is 0.237 e. The van der Waals surface area contributed by atoms with Crippen molar-refractivity contribution in [2.24, 2.45) is 0 Å². The molecule has 23 heavy (non-hydrogen) atoms. The first-order valence-electron chi connectivity index (χ1n) is 7.10. The third-order valence-corrected chi connectivity index (χ3v) is 3.65. The zero-order chi connectivity index (χ0) is 16.9. The van der Waals surface area contributed by atoms with Crippen LogP contribution in [0.2, 0.25) is 0 Å². The lowest BCUT2D eigenvalue weighted by Crippen LogP contribution is -2.30. The van der Waals surface area contributed by atoms with Crippen LogP contribution in [0.5, 0.6) is 5.75 Å². The van der Waals surface area contributed by atoms with Gasteiger partial charge in [-0.3, -0.25) is 9.52 Å². The average molecular weight is 333 g/mol. The van der Waals surface area contributed by atoms with Gasteiger partial charge in [-0.15, -0.1) is 0 Å². The Morgan fingerprint density at radius 1 is 1.09 bits per heavy atom. The molecular formula is C17H19NO4S. The van der Waals surface area contributed by atoms with E-state index in [0.29, 0.717) is 17.9 Å². The summed E-state index contributed by atoms with van der Waals surface area (Å²) in [5.74, 6) is 0.0690. The summed E-state index contributed by atoms with van der Waals surface area (Å²) in [6.45, 7) is 2.45. The van der Waals surface area contributed by atoms with Crippen molar-refractivity contribution in [3.8, 4) is 5.75 Å². The summed E-state index contributed by atoms with van der Waals surface area (Å²) in [7, 11) is -3.53. The van der Waals surface area contributed by atoms with Crippen molar-refractivity contribution in [1.29, 1.82) is 0 Å². The maximum atomic E-state index is 11.6. The van der Waals surface area contributed by atoms with Crippen LogP contribution in [0.1, 0.15) is 16.7 Å². The van der Waals surface area contributed by atoms with Crippen LogP contribution in [-0.4, -0.2) is 20.6 Å². The van der Waals surface area contributed by atoms with Crippen molar-refractivity contribution in [1.82, 2.24) is 4.72 Å². The van der Waals surface area contributed by atoms with E-state index in [9.17, 15) is 13.2 Å². The van der Waals surface area contributed by atoms with Crippen LogP contribution in [0.4, 0.5) is 0 Å². The van der Waals surface area contributed by atoms with E-state index < -0.39 is 15.9 Å². The fourth-order valence-corrected chi connectivity index (χ4v) is 2.63. The van der Waals surface area contributed by atoms with Gasteiger partial charge in [0.2, 0.25) is 15.9 Å². The van der Waals surface area contributed by atoms with Crippen LogP contribution in [0.3, 0.4) is 0 Å². The molecule has 0 aliphatic carbocycles. The first-order valence-corrected chi connectivity index (χ1v) is 8.99. The molecule has 0 aliphatic heterocycles. The minimum Gasteiger partial charge on any atom is -0.489 e. The highest BCUT2D eigenvalue weighted by molar-refractivity contribution is 7.89. The summed E-state index contributed by atoms with van der Waals surface area (Å²) in [6.07, 6.45) is 0.932. The molecule has 0 heterocycles. The number of aryl methyl sites for hydroxylation is 1. The molecule has 0 saturated heterocycles.